The Labute approximate surface area is 93.9 Å². The van der Waals surface area contributed by atoms with Crippen LogP contribution in [0.4, 0.5) is 0 Å². The van der Waals surface area contributed by atoms with E-state index in [0.717, 1.165) is 5.56 Å². The van der Waals surface area contributed by atoms with E-state index in [9.17, 15) is 4.79 Å². The van der Waals surface area contributed by atoms with Gasteiger partial charge in [-0.15, -0.1) is 0 Å². The van der Waals surface area contributed by atoms with Gasteiger partial charge in [0.1, 0.15) is 0 Å². The summed E-state index contributed by atoms with van der Waals surface area (Å²) in [6.07, 6.45) is 0.405. The first-order chi connectivity index (χ1) is 7.27. The molecule has 1 saturated heterocycles. The molecule has 2 rings (SSSR count). The highest BCUT2D eigenvalue weighted by Crippen LogP contribution is 2.11. The molecule has 1 aromatic rings. The Morgan fingerprint density at radius 1 is 1.33 bits per heavy atom. The fraction of sp³-hybridized carbons (Fsp3) is 0.167. The van der Waals surface area contributed by atoms with E-state index >= 15 is 0 Å². The van der Waals surface area contributed by atoms with Crippen LogP contribution in [0.1, 0.15) is 12.0 Å². The van der Waals surface area contributed by atoms with Gasteiger partial charge in [0, 0.05) is 5.56 Å². The second-order valence-electron chi connectivity index (χ2n) is 3.22. The molecule has 0 saturated carbocycles. The first-order valence-corrected chi connectivity index (χ1v) is 5.05. The average molecular weight is 215 g/mol. The third-order valence-electron chi connectivity index (χ3n) is 2.15. The Hall–Kier alpha value is -1.66. The summed E-state index contributed by atoms with van der Waals surface area (Å²) in [5.74, 6) is 5.99. The summed E-state index contributed by atoms with van der Waals surface area (Å²) in [5, 5.41) is 0. The van der Waals surface area contributed by atoms with Crippen molar-refractivity contribution >= 4 is 23.1 Å². The molecule has 1 aromatic carbocycles. The van der Waals surface area contributed by atoms with Crippen LogP contribution >= 0.6 is 12.2 Å². The van der Waals surface area contributed by atoms with Gasteiger partial charge in [0.25, 0.3) is 0 Å². The van der Waals surface area contributed by atoms with E-state index in [4.69, 9.17) is 12.2 Å². The van der Waals surface area contributed by atoms with E-state index in [1.165, 1.54) is 4.90 Å². The van der Waals surface area contributed by atoms with Crippen molar-refractivity contribution in [2.24, 2.45) is 0 Å². The summed E-state index contributed by atoms with van der Waals surface area (Å²) in [4.78, 5) is 13.3. The van der Waals surface area contributed by atoms with Crippen molar-refractivity contribution in [3.8, 4) is 11.8 Å². The van der Waals surface area contributed by atoms with Crippen LogP contribution < -0.4 is 0 Å². The van der Waals surface area contributed by atoms with Crippen LogP contribution in [0, 0.1) is 11.8 Å². The van der Waals surface area contributed by atoms with Crippen molar-refractivity contribution in [1.82, 2.24) is 4.90 Å². The van der Waals surface area contributed by atoms with Crippen molar-refractivity contribution in [3.63, 3.8) is 0 Å². The molecule has 0 bridgehead atoms. The maximum atomic E-state index is 11.1. The monoisotopic (exact) mass is 215 g/mol. The van der Waals surface area contributed by atoms with Crippen molar-refractivity contribution in [1.29, 1.82) is 0 Å². The molecule has 0 radical (unpaired) electrons. The third kappa shape index (κ3) is 2.23. The van der Waals surface area contributed by atoms with Crippen molar-refractivity contribution in [2.45, 2.75) is 6.42 Å². The van der Waals surface area contributed by atoms with Gasteiger partial charge in [-0.2, -0.15) is 0 Å². The number of likely N-dealkylation sites (tertiary alicyclic amines) is 1. The van der Waals surface area contributed by atoms with Gasteiger partial charge in [-0.3, -0.25) is 9.69 Å². The Morgan fingerprint density at radius 2 is 2.07 bits per heavy atom. The normalized spacial score (nSPS) is 14.3. The van der Waals surface area contributed by atoms with Gasteiger partial charge in [0.2, 0.25) is 5.91 Å². The number of benzene rings is 1. The minimum absolute atomic E-state index is 0.0716. The lowest BCUT2D eigenvalue weighted by Crippen LogP contribution is -2.47. The molecule has 1 heterocycles. The maximum Gasteiger partial charge on any atom is 0.235 e. The molecule has 2 nitrogen and oxygen atoms in total. The molecule has 0 unspecified atom stereocenters. The molecule has 0 atom stereocenters. The molecule has 1 amide bonds. The summed E-state index contributed by atoms with van der Waals surface area (Å²) in [6, 6.07) is 9.68. The number of carbonyl (C=O) groups is 1. The summed E-state index contributed by atoms with van der Waals surface area (Å²) < 4.78 is 0. The Bertz CT molecular complexity index is 442. The van der Waals surface area contributed by atoms with Gasteiger partial charge in [0.05, 0.1) is 18.0 Å². The Morgan fingerprint density at radius 3 is 2.67 bits per heavy atom. The molecule has 15 heavy (non-hydrogen) atoms. The predicted octanol–water partition coefficient (Wildman–Crippen LogP) is 1.60. The van der Waals surface area contributed by atoms with Crippen molar-refractivity contribution < 1.29 is 4.79 Å². The van der Waals surface area contributed by atoms with Crippen LogP contribution in [0.2, 0.25) is 0 Å². The fourth-order valence-electron chi connectivity index (χ4n) is 1.29. The van der Waals surface area contributed by atoms with E-state index < -0.39 is 0 Å². The maximum absolute atomic E-state index is 11.1. The van der Waals surface area contributed by atoms with E-state index in [0.29, 0.717) is 18.0 Å². The third-order valence-corrected chi connectivity index (χ3v) is 2.51. The summed E-state index contributed by atoms with van der Waals surface area (Å²) in [7, 11) is 0. The van der Waals surface area contributed by atoms with E-state index in [1.807, 2.05) is 30.3 Å². The average Bonchev–Trinajstić information content (AvgIpc) is 2.26. The molecule has 1 aliphatic rings. The zero-order valence-corrected chi connectivity index (χ0v) is 8.88. The number of thiocarbonyl (C=S) groups is 1. The van der Waals surface area contributed by atoms with Crippen LogP contribution in [0.15, 0.2) is 30.3 Å². The van der Waals surface area contributed by atoms with Gasteiger partial charge in [-0.1, -0.05) is 42.3 Å². The highest BCUT2D eigenvalue weighted by molar-refractivity contribution is 7.80. The van der Waals surface area contributed by atoms with Gasteiger partial charge in [-0.25, -0.2) is 0 Å². The minimum Gasteiger partial charge on any atom is -0.294 e. The molecule has 0 aromatic heterocycles. The second kappa shape index (κ2) is 4.24. The number of amides is 1. The zero-order valence-electron chi connectivity index (χ0n) is 8.06. The molecule has 1 fully saturated rings. The highest BCUT2D eigenvalue weighted by Gasteiger charge is 2.28. The lowest BCUT2D eigenvalue weighted by Gasteiger charge is -2.29. The highest BCUT2D eigenvalue weighted by atomic mass is 32.1. The molecular weight excluding hydrogens is 206 g/mol. The van der Waals surface area contributed by atoms with Crippen LogP contribution in [0.3, 0.4) is 0 Å². The molecule has 0 N–H and O–H groups in total. The number of carbonyl (C=O) groups excluding carboxylic acids is 1. The minimum atomic E-state index is 0.0716. The first kappa shape index (κ1) is 9.88. The van der Waals surface area contributed by atoms with Gasteiger partial charge in [0.15, 0.2) is 0 Å². The smallest absolute Gasteiger partial charge is 0.235 e. The standard InChI is InChI=1S/C12H9NOS/c14-11-9-12(15)13(11)8-4-7-10-5-2-1-3-6-10/h1-3,5-6H,8-9H2. The number of rotatable bonds is 1. The molecule has 1 aliphatic heterocycles. The van der Waals surface area contributed by atoms with E-state index in [-0.39, 0.29) is 5.91 Å². The van der Waals surface area contributed by atoms with Crippen molar-refractivity contribution in [2.75, 3.05) is 6.54 Å². The summed E-state index contributed by atoms with van der Waals surface area (Å²) in [6.45, 7) is 0.409. The van der Waals surface area contributed by atoms with Crippen LogP contribution in [0.25, 0.3) is 0 Å². The van der Waals surface area contributed by atoms with E-state index in [1.54, 1.807) is 0 Å². The second-order valence-corrected chi connectivity index (χ2v) is 3.69. The van der Waals surface area contributed by atoms with Crippen LogP contribution in [-0.2, 0) is 4.79 Å². The zero-order chi connectivity index (χ0) is 10.7. The number of β-lactam (4-membered cyclic amide) rings is 1. The SMILES string of the molecule is O=C1CC(=S)N1CC#Cc1ccccc1. The summed E-state index contributed by atoms with van der Waals surface area (Å²) >= 11 is 4.95. The first-order valence-electron chi connectivity index (χ1n) is 4.64. The lowest BCUT2D eigenvalue weighted by atomic mass is 10.2. The largest absolute Gasteiger partial charge is 0.294 e. The molecule has 0 spiro atoms. The topological polar surface area (TPSA) is 20.3 Å². The summed E-state index contributed by atoms with van der Waals surface area (Å²) in [5.41, 5.74) is 0.955. The lowest BCUT2D eigenvalue weighted by molar-refractivity contribution is -0.129. The Balaban J connectivity index is 1.96. The molecule has 3 heteroatoms. The number of hydrogen-bond acceptors (Lipinski definition) is 2. The van der Waals surface area contributed by atoms with Crippen LogP contribution in [-0.4, -0.2) is 22.3 Å². The quantitative estimate of drug-likeness (QED) is 0.403. The molecule has 74 valence electrons. The van der Waals surface area contributed by atoms with Gasteiger partial charge in [-0.05, 0) is 12.1 Å². The molecule has 0 aliphatic carbocycles. The van der Waals surface area contributed by atoms with Gasteiger partial charge >= 0.3 is 0 Å². The van der Waals surface area contributed by atoms with Crippen molar-refractivity contribution in [3.05, 3.63) is 35.9 Å². The Kier molecular flexibility index (Phi) is 2.79. The van der Waals surface area contributed by atoms with Gasteiger partial charge < -0.3 is 0 Å². The number of hydrogen-bond donors (Lipinski definition) is 0. The fourth-order valence-corrected chi connectivity index (χ4v) is 1.58. The number of nitrogens with zero attached hydrogens (tertiary/aromatic N) is 1. The molecular formula is C12H9NOS. The van der Waals surface area contributed by atoms with Crippen LogP contribution in [0.5, 0.6) is 0 Å². The predicted molar refractivity (Wildman–Crippen MR) is 62.2 cm³/mol. The van der Waals surface area contributed by atoms with E-state index in [2.05, 4.69) is 11.8 Å².